The number of imidazole rings is 1. The molecule has 6 heteroatoms. The molecule has 0 aromatic carbocycles. The van der Waals surface area contributed by atoms with Crippen LogP contribution in [0.15, 0.2) is 18.6 Å². The summed E-state index contributed by atoms with van der Waals surface area (Å²) >= 11 is 0. The fourth-order valence-corrected chi connectivity index (χ4v) is 1.47. The molecule has 18 heavy (non-hydrogen) atoms. The zero-order chi connectivity index (χ0) is 13.0. The number of aromatic amines is 1. The molecule has 0 spiro atoms. The number of H-pyrrole nitrogens is 1. The largest absolute Gasteiger partial charge is 0.481 e. The Morgan fingerprint density at radius 3 is 2.89 bits per heavy atom. The second kappa shape index (κ2) is 5.59. The van der Waals surface area contributed by atoms with Gasteiger partial charge in [0.15, 0.2) is 5.82 Å². The molecule has 0 aliphatic rings. The molecule has 0 radical (unpaired) electrons. The van der Waals surface area contributed by atoms with E-state index in [-0.39, 0.29) is 0 Å². The van der Waals surface area contributed by atoms with Gasteiger partial charge >= 0.3 is 0 Å². The summed E-state index contributed by atoms with van der Waals surface area (Å²) in [5, 5.41) is 3.32. The van der Waals surface area contributed by atoms with E-state index in [4.69, 9.17) is 4.74 Å². The standard InChI is InChI=1S/C12H17N5O/c1-8(2)13-5-9-6-14-12(17-9)10-4-11(18-3)16-7-15-10/h4,6-8,13H,5H2,1-3H3,(H,14,17). The highest BCUT2D eigenvalue weighted by atomic mass is 16.5. The Balaban J connectivity index is 2.13. The molecular formula is C12H17N5O. The van der Waals surface area contributed by atoms with Crippen LogP contribution >= 0.6 is 0 Å². The van der Waals surface area contributed by atoms with E-state index in [0.717, 1.165) is 23.8 Å². The van der Waals surface area contributed by atoms with Crippen molar-refractivity contribution in [1.29, 1.82) is 0 Å². The summed E-state index contributed by atoms with van der Waals surface area (Å²) in [4.78, 5) is 15.6. The highest BCUT2D eigenvalue weighted by Gasteiger charge is 2.06. The molecule has 6 nitrogen and oxygen atoms in total. The first-order valence-electron chi connectivity index (χ1n) is 5.82. The molecule has 0 saturated heterocycles. The molecule has 2 aromatic heterocycles. The molecule has 0 saturated carbocycles. The molecular weight excluding hydrogens is 230 g/mol. The monoisotopic (exact) mass is 247 g/mol. The van der Waals surface area contributed by atoms with Gasteiger partial charge in [0.1, 0.15) is 12.0 Å². The van der Waals surface area contributed by atoms with Gasteiger partial charge < -0.3 is 15.0 Å². The molecule has 96 valence electrons. The van der Waals surface area contributed by atoms with E-state index in [1.807, 2.05) is 0 Å². The van der Waals surface area contributed by atoms with Crippen LogP contribution in [0.3, 0.4) is 0 Å². The lowest BCUT2D eigenvalue weighted by Crippen LogP contribution is -2.21. The number of methoxy groups -OCH3 is 1. The molecule has 0 unspecified atom stereocenters. The average molecular weight is 247 g/mol. The van der Waals surface area contributed by atoms with Crippen molar-refractivity contribution < 1.29 is 4.74 Å². The summed E-state index contributed by atoms with van der Waals surface area (Å²) < 4.78 is 5.06. The van der Waals surface area contributed by atoms with Crippen LogP contribution in [0.2, 0.25) is 0 Å². The van der Waals surface area contributed by atoms with E-state index in [9.17, 15) is 0 Å². The second-order valence-electron chi connectivity index (χ2n) is 4.24. The van der Waals surface area contributed by atoms with Gasteiger partial charge in [0.25, 0.3) is 0 Å². The molecule has 0 amide bonds. The highest BCUT2D eigenvalue weighted by Crippen LogP contribution is 2.16. The van der Waals surface area contributed by atoms with Crippen molar-refractivity contribution in [3.8, 4) is 17.4 Å². The Labute approximate surface area is 106 Å². The van der Waals surface area contributed by atoms with E-state index >= 15 is 0 Å². The first-order chi connectivity index (χ1) is 8.69. The fraction of sp³-hybridized carbons (Fsp3) is 0.417. The van der Waals surface area contributed by atoms with Crippen molar-refractivity contribution in [2.75, 3.05) is 7.11 Å². The SMILES string of the molecule is COc1cc(-c2ncc(CNC(C)C)[nH]2)ncn1. The number of nitrogens with zero attached hydrogens (tertiary/aromatic N) is 3. The van der Waals surface area contributed by atoms with E-state index < -0.39 is 0 Å². The summed E-state index contributed by atoms with van der Waals surface area (Å²) in [5.74, 6) is 1.24. The molecule has 2 heterocycles. The number of hydrogen-bond donors (Lipinski definition) is 2. The molecule has 0 bridgehead atoms. The van der Waals surface area contributed by atoms with Crippen molar-refractivity contribution in [2.24, 2.45) is 0 Å². The van der Waals surface area contributed by atoms with Crippen LogP contribution in [-0.2, 0) is 6.54 Å². The van der Waals surface area contributed by atoms with Crippen molar-refractivity contribution >= 4 is 0 Å². The van der Waals surface area contributed by atoms with Crippen LogP contribution in [0, 0.1) is 0 Å². The molecule has 2 rings (SSSR count). The summed E-state index contributed by atoms with van der Waals surface area (Å²) in [7, 11) is 1.58. The first kappa shape index (κ1) is 12.5. The normalized spacial score (nSPS) is 10.9. The Morgan fingerprint density at radius 1 is 1.33 bits per heavy atom. The van der Waals surface area contributed by atoms with E-state index in [0.29, 0.717) is 11.9 Å². The van der Waals surface area contributed by atoms with Crippen molar-refractivity contribution in [1.82, 2.24) is 25.3 Å². The maximum Gasteiger partial charge on any atom is 0.216 e. The molecule has 2 N–H and O–H groups in total. The Kier molecular flexibility index (Phi) is 3.88. The molecule has 2 aromatic rings. The number of rotatable bonds is 5. The summed E-state index contributed by atoms with van der Waals surface area (Å²) in [6.45, 7) is 4.96. The van der Waals surface area contributed by atoms with Crippen LogP contribution in [0.25, 0.3) is 11.5 Å². The van der Waals surface area contributed by atoms with Gasteiger partial charge in [-0.3, -0.25) is 0 Å². The first-order valence-corrected chi connectivity index (χ1v) is 5.82. The van der Waals surface area contributed by atoms with Gasteiger partial charge in [-0.25, -0.2) is 15.0 Å². The number of aromatic nitrogens is 4. The minimum atomic E-state index is 0.441. The van der Waals surface area contributed by atoms with E-state index in [1.54, 1.807) is 19.4 Å². The third-order valence-corrected chi connectivity index (χ3v) is 2.42. The lowest BCUT2D eigenvalue weighted by molar-refractivity contribution is 0.397. The summed E-state index contributed by atoms with van der Waals surface area (Å²) in [6, 6.07) is 2.19. The quantitative estimate of drug-likeness (QED) is 0.834. The Morgan fingerprint density at radius 2 is 2.17 bits per heavy atom. The fourth-order valence-electron chi connectivity index (χ4n) is 1.47. The number of ether oxygens (including phenoxy) is 1. The van der Waals surface area contributed by atoms with Gasteiger partial charge in [-0.15, -0.1) is 0 Å². The van der Waals surface area contributed by atoms with Crippen molar-refractivity contribution in [2.45, 2.75) is 26.4 Å². The average Bonchev–Trinajstić information content (AvgIpc) is 2.85. The van der Waals surface area contributed by atoms with Crippen LogP contribution in [0.4, 0.5) is 0 Å². The van der Waals surface area contributed by atoms with Crippen LogP contribution < -0.4 is 10.1 Å². The third-order valence-electron chi connectivity index (χ3n) is 2.42. The number of hydrogen-bond acceptors (Lipinski definition) is 5. The smallest absolute Gasteiger partial charge is 0.216 e. The molecule has 0 aliphatic heterocycles. The zero-order valence-corrected chi connectivity index (χ0v) is 10.8. The maximum absolute atomic E-state index is 5.06. The second-order valence-corrected chi connectivity index (χ2v) is 4.24. The van der Waals surface area contributed by atoms with Crippen molar-refractivity contribution in [3.05, 3.63) is 24.3 Å². The Hall–Kier alpha value is -1.95. The molecule has 0 atom stereocenters. The van der Waals surface area contributed by atoms with Gasteiger partial charge in [-0.2, -0.15) is 0 Å². The van der Waals surface area contributed by atoms with Crippen LogP contribution in [0.1, 0.15) is 19.5 Å². The van der Waals surface area contributed by atoms with E-state index in [2.05, 4.69) is 39.1 Å². The predicted octanol–water partition coefficient (Wildman–Crippen LogP) is 1.37. The minimum absolute atomic E-state index is 0.441. The van der Waals surface area contributed by atoms with Gasteiger partial charge in [0.2, 0.25) is 5.88 Å². The lowest BCUT2D eigenvalue weighted by atomic mass is 10.3. The highest BCUT2D eigenvalue weighted by molar-refractivity contribution is 5.50. The van der Waals surface area contributed by atoms with Crippen LogP contribution in [0.5, 0.6) is 5.88 Å². The molecule has 0 fully saturated rings. The predicted molar refractivity (Wildman–Crippen MR) is 68.1 cm³/mol. The maximum atomic E-state index is 5.06. The van der Waals surface area contributed by atoms with E-state index in [1.165, 1.54) is 6.33 Å². The van der Waals surface area contributed by atoms with Crippen LogP contribution in [-0.4, -0.2) is 33.1 Å². The Bertz CT molecular complexity index is 509. The topological polar surface area (TPSA) is 75.7 Å². The minimum Gasteiger partial charge on any atom is -0.481 e. The van der Waals surface area contributed by atoms with Gasteiger partial charge in [0, 0.05) is 24.3 Å². The lowest BCUT2D eigenvalue weighted by Gasteiger charge is -2.05. The zero-order valence-electron chi connectivity index (χ0n) is 10.8. The molecule has 0 aliphatic carbocycles. The third kappa shape index (κ3) is 3.04. The van der Waals surface area contributed by atoms with Gasteiger partial charge in [-0.05, 0) is 0 Å². The summed E-state index contributed by atoms with van der Waals surface area (Å²) in [5.41, 5.74) is 1.74. The van der Waals surface area contributed by atoms with Crippen molar-refractivity contribution in [3.63, 3.8) is 0 Å². The van der Waals surface area contributed by atoms with Gasteiger partial charge in [0.05, 0.1) is 13.3 Å². The summed E-state index contributed by atoms with van der Waals surface area (Å²) in [6.07, 6.45) is 3.27. The van der Waals surface area contributed by atoms with Gasteiger partial charge in [-0.1, -0.05) is 13.8 Å². The number of nitrogens with one attached hydrogen (secondary N) is 2.